The van der Waals surface area contributed by atoms with Crippen LogP contribution < -0.4 is 10.6 Å². The Labute approximate surface area is 181 Å². The van der Waals surface area contributed by atoms with E-state index in [1.807, 2.05) is 6.07 Å². The first kappa shape index (κ1) is 21.0. The monoisotopic (exact) mass is 405 g/mol. The Morgan fingerprint density at radius 2 is 1.77 bits per heavy atom. The molecule has 1 atom stereocenters. The molecule has 0 radical (unpaired) electrons. The van der Waals surface area contributed by atoms with E-state index in [0.29, 0.717) is 0 Å². The highest BCUT2D eigenvalue weighted by Gasteiger charge is 2.53. The summed E-state index contributed by atoms with van der Waals surface area (Å²) in [6.07, 6.45) is 12.7. The van der Waals surface area contributed by atoms with Crippen LogP contribution in [-0.2, 0) is 11.2 Å². The van der Waals surface area contributed by atoms with E-state index in [1.54, 1.807) is 6.20 Å². The van der Waals surface area contributed by atoms with E-state index in [4.69, 9.17) is 0 Å². The van der Waals surface area contributed by atoms with Crippen LogP contribution in [0.3, 0.4) is 0 Å². The predicted octanol–water partition coefficient (Wildman–Crippen LogP) is 4.73. The van der Waals surface area contributed by atoms with Gasteiger partial charge in [0, 0.05) is 18.8 Å². The first-order valence-corrected chi connectivity index (χ1v) is 11.8. The summed E-state index contributed by atoms with van der Waals surface area (Å²) >= 11 is 0. The smallest absolute Gasteiger partial charge is 0.263 e. The van der Waals surface area contributed by atoms with Gasteiger partial charge in [-0.1, -0.05) is 30.3 Å². The standard InChI is InChI=1S/C26H35N3O/c1-19(26-14-21-11-22(15-26)13-23(12-21)16-26)29-25(30)24(17-27)18-28-10-6-5-9-20-7-3-2-4-8-20/h2-4,7-8,18-19,21-23,28H,5-6,9-16H2,1H3,(H,29,30)/b24-18-. The van der Waals surface area contributed by atoms with Gasteiger partial charge in [0.15, 0.2) is 0 Å². The molecule has 0 heterocycles. The molecule has 30 heavy (non-hydrogen) atoms. The Hall–Kier alpha value is -2.28. The van der Waals surface area contributed by atoms with Gasteiger partial charge in [-0.25, -0.2) is 0 Å². The van der Waals surface area contributed by atoms with Gasteiger partial charge in [0.1, 0.15) is 11.6 Å². The molecule has 4 aliphatic rings. The van der Waals surface area contributed by atoms with E-state index in [0.717, 1.165) is 43.6 Å². The number of nitrogens with one attached hydrogen (secondary N) is 2. The topological polar surface area (TPSA) is 64.9 Å². The molecule has 0 aliphatic heterocycles. The Kier molecular flexibility index (Phi) is 6.46. The maximum Gasteiger partial charge on any atom is 0.263 e. The molecular weight excluding hydrogens is 370 g/mol. The van der Waals surface area contributed by atoms with Crippen molar-refractivity contribution in [2.24, 2.45) is 23.2 Å². The molecule has 1 amide bonds. The van der Waals surface area contributed by atoms with Crippen LogP contribution >= 0.6 is 0 Å². The van der Waals surface area contributed by atoms with E-state index in [-0.39, 0.29) is 22.9 Å². The highest BCUT2D eigenvalue weighted by molar-refractivity contribution is 5.97. The lowest BCUT2D eigenvalue weighted by atomic mass is 9.48. The summed E-state index contributed by atoms with van der Waals surface area (Å²) in [4.78, 5) is 12.7. The molecule has 1 aromatic rings. The predicted molar refractivity (Wildman–Crippen MR) is 119 cm³/mol. The first-order valence-electron chi connectivity index (χ1n) is 11.8. The Morgan fingerprint density at radius 1 is 1.13 bits per heavy atom. The molecule has 4 heteroatoms. The van der Waals surface area contributed by atoms with Crippen LogP contribution in [0.1, 0.15) is 63.9 Å². The molecular formula is C26H35N3O. The fourth-order valence-corrected chi connectivity index (χ4v) is 6.66. The van der Waals surface area contributed by atoms with Crippen molar-refractivity contribution in [3.8, 4) is 6.07 Å². The van der Waals surface area contributed by atoms with Gasteiger partial charge >= 0.3 is 0 Å². The number of unbranched alkanes of at least 4 members (excludes halogenated alkanes) is 1. The number of benzene rings is 1. The van der Waals surface area contributed by atoms with Crippen molar-refractivity contribution in [1.82, 2.24) is 10.6 Å². The number of carbonyl (C=O) groups excluding carboxylic acids is 1. The lowest BCUT2D eigenvalue weighted by molar-refractivity contribution is -0.122. The molecule has 4 saturated carbocycles. The number of aryl methyl sites for hydroxylation is 1. The number of hydrogen-bond donors (Lipinski definition) is 2. The second-order valence-electron chi connectivity index (χ2n) is 10.0. The average Bonchev–Trinajstić information content (AvgIpc) is 2.73. The molecule has 1 unspecified atom stereocenters. The molecule has 5 rings (SSSR count). The third kappa shape index (κ3) is 4.72. The molecule has 4 aliphatic carbocycles. The second kappa shape index (κ2) is 9.25. The van der Waals surface area contributed by atoms with Gasteiger partial charge in [-0.3, -0.25) is 4.79 Å². The zero-order valence-corrected chi connectivity index (χ0v) is 18.2. The van der Waals surface area contributed by atoms with Crippen molar-refractivity contribution in [2.75, 3.05) is 6.54 Å². The van der Waals surface area contributed by atoms with Gasteiger partial charge in [-0.15, -0.1) is 0 Å². The summed E-state index contributed by atoms with van der Waals surface area (Å²) in [5, 5.41) is 15.8. The molecule has 4 fully saturated rings. The van der Waals surface area contributed by atoms with Crippen molar-refractivity contribution < 1.29 is 4.79 Å². The first-order chi connectivity index (χ1) is 14.6. The van der Waals surface area contributed by atoms with Gasteiger partial charge in [0.05, 0.1) is 0 Å². The summed E-state index contributed by atoms with van der Waals surface area (Å²) in [5.74, 6) is 2.36. The lowest BCUT2D eigenvalue weighted by Crippen LogP contribution is -2.56. The highest BCUT2D eigenvalue weighted by Crippen LogP contribution is 2.61. The van der Waals surface area contributed by atoms with Crippen LogP contribution in [0.25, 0.3) is 0 Å². The number of nitriles is 1. The van der Waals surface area contributed by atoms with Crippen LogP contribution in [0, 0.1) is 34.5 Å². The minimum atomic E-state index is -0.225. The van der Waals surface area contributed by atoms with Crippen molar-refractivity contribution in [2.45, 2.75) is 70.8 Å². The fourth-order valence-electron chi connectivity index (χ4n) is 6.66. The van der Waals surface area contributed by atoms with Crippen LogP contribution in [0.2, 0.25) is 0 Å². The van der Waals surface area contributed by atoms with E-state index < -0.39 is 0 Å². The largest absolute Gasteiger partial charge is 0.390 e. The number of hydrogen-bond acceptors (Lipinski definition) is 3. The van der Waals surface area contributed by atoms with Crippen LogP contribution in [0.5, 0.6) is 0 Å². The average molecular weight is 406 g/mol. The molecule has 0 aromatic heterocycles. The lowest BCUT2D eigenvalue weighted by Gasteiger charge is -2.59. The third-order valence-corrected chi connectivity index (χ3v) is 7.84. The Bertz CT molecular complexity index is 772. The maximum absolute atomic E-state index is 12.7. The van der Waals surface area contributed by atoms with Crippen LogP contribution in [-0.4, -0.2) is 18.5 Å². The van der Waals surface area contributed by atoms with E-state index in [1.165, 1.54) is 44.1 Å². The van der Waals surface area contributed by atoms with Crippen molar-refractivity contribution in [3.05, 3.63) is 47.7 Å². The minimum Gasteiger partial charge on any atom is -0.390 e. The molecule has 160 valence electrons. The second-order valence-corrected chi connectivity index (χ2v) is 10.0. The minimum absolute atomic E-state index is 0.140. The van der Waals surface area contributed by atoms with Crippen molar-refractivity contribution >= 4 is 5.91 Å². The van der Waals surface area contributed by atoms with Gasteiger partial charge < -0.3 is 10.6 Å². The SMILES string of the molecule is CC(NC(=O)/C(C#N)=C\NCCCCc1ccccc1)C12CC3CC(CC(C3)C1)C2. The molecule has 2 N–H and O–H groups in total. The number of nitrogens with zero attached hydrogens (tertiary/aromatic N) is 1. The van der Waals surface area contributed by atoms with Crippen molar-refractivity contribution in [1.29, 1.82) is 5.26 Å². The summed E-state index contributed by atoms with van der Waals surface area (Å²) in [5.41, 5.74) is 1.80. The quantitative estimate of drug-likeness (QED) is 0.355. The van der Waals surface area contributed by atoms with E-state index >= 15 is 0 Å². The number of amides is 1. The highest BCUT2D eigenvalue weighted by atomic mass is 16.1. The van der Waals surface area contributed by atoms with E-state index in [2.05, 4.69) is 47.9 Å². The molecule has 4 nitrogen and oxygen atoms in total. The Morgan fingerprint density at radius 3 is 2.37 bits per heavy atom. The number of rotatable bonds is 9. The van der Waals surface area contributed by atoms with Crippen LogP contribution in [0.15, 0.2) is 42.1 Å². The summed E-state index contributed by atoms with van der Waals surface area (Å²) in [6, 6.07) is 12.7. The fraction of sp³-hybridized carbons (Fsp3) is 0.615. The molecule has 4 bridgehead atoms. The van der Waals surface area contributed by atoms with Gasteiger partial charge in [-0.05, 0) is 93.4 Å². The summed E-state index contributed by atoms with van der Waals surface area (Å²) in [7, 11) is 0. The maximum atomic E-state index is 12.7. The van der Waals surface area contributed by atoms with Gasteiger partial charge in [0.25, 0.3) is 5.91 Å². The zero-order valence-electron chi connectivity index (χ0n) is 18.2. The molecule has 0 spiro atoms. The van der Waals surface area contributed by atoms with E-state index in [9.17, 15) is 10.1 Å². The summed E-state index contributed by atoms with van der Waals surface area (Å²) in [6.45, 7) is 2.94. The Balaban J connectivity index is 1.23. The van der Waals surface area contributed by atoms with Gasteiger partial charge in [0.2, 0.25) is 0 Å². The normalized spacial score (nSPS) is 30.5. The molecule has 1 aromatic carbocycles. The zero-order chi connectivity index (χ0) is 21.0. The van der Waals surface area contributed by atoms with Gasteiger partial charge in [-0.2, -0.15) is 5.26 Å². The molecule has 0 saturated heterocycles. The number of carbonyl (C=O) groups is 1. The third-order valence-electron chi connectivity index (χ3n) is 7.84. The van der Waals surface area contributed by atoms with Crippen molar-refractivity contribution in [3.63, 3.8) is 0 Å². The summed E-state index contributed by atoms with van der Waals surface area (Å²) < 4.78 is 0. The van der Waals surface area contributed by atoms with Crippen LogP contribution in [0.4, 0.5) is 0 Å².